The standard InChI is InChI=1S/C14H23NO/c1-12(14-6-4-2-3-5-7-14)15-10-13-8-9-16-11-13/h8-9,11-12,14-15H,2-7,10H2,1H3/t12-/m1/s1. The molecule has 0 radical (unpaired) electrons. The van der Waals surface area contributed by atoms with E-state index in [0.717, 1.165) is 12.5 Å². The summed E-state index contributed by atoms with van der Waals surface area (Å²) in [7, 11) is 0. The molecule has 1 saturated carbocycles. The largest absolute Gasteiger partial charge is 0.472 e. The predicted octanol–water partition coefficient (Wildman–Crippen LogP) is 3.73. The molecule has 16 heavy (non-hydrogen) atoms. The molecule has 0 spiro atoms. The number of hydrogen-bond donors (Lipinski definition) is 1. The molecule has 1 heterocycles. The van der Waals surface area contributed by atoms with Crippen LogP contribution in [-0.4, -0.2) is 6.04 Å². The van der Waals surface area contributed by atoms with Gasteiger partial charge in [0.1, 0.15) is 0 Å². The van der Waals surface area contributed by atoms with Crippen LogP contribution in [0.15, 0.2) is 23.0 Å². The third-order valence-electron chi connectivity index (χ3n) is 3.82. The van der Waals surface area contributed by atoms with E-state index in [0.29, 0.717) is 6.04 Å². The van der Waals surface area contributed by atoms with Gasteiger partial charge in [-0.15, -0.1) is 0 Å². The summed E-state index contributed by atoms with van der Waals surface area (Å²) in [4.78, 5) is 0. The predicted molar refractivity (Wildman–Crippen MR) is 66.2 cm³/mol. The molecule has 0 bridgehead atoms. The number of nitrogens with one attached hydrogen (secondary N) is 1. The Kier molecular flexibility index (Phi) is 4.46. The van der Waals surface area contributed by atoms with E-state index in [9.17, 15) is 0 Å². The van der Waals surface area contributed by atoms with Crippen molar-refractivity contribution < 1.29 is 4.42 Å². The first-order valence-corrected chi connectivity index (χ1v) is 6.61. The van der Waals surface area contributed by atoms with E-state index in [1.165, 1.54) is 44.1 Å². The van der Waals surface area contributed by atoms with Crippen LogP contribution < -0.4 is 5.32 Å². The van der Waals surface area contributed by atoms with E-state index in [1.807, 2.05) is 12.3 Å². The minimum atomic E-state index is 0.632. The summed E-state index contributed by atoms with van der Waals surface area (Å²) in [5.41, 5.74) is 1.25. The second-order valence-corrected chi connectivity index (χ2v) is 5.05. The van der Waals surface area contributed by atoms with Crippen molar-refractivity contribution in [3.05, 3.63) is 24.2 Å². The van der Waals surface area contributed by atoms with Crippen molar-refractivity contribution in [2.24, 2.45) is 5.92 Å². The van der Waals surface area contributed by atoms with Crippen molar-refractivity contribution in [3.63, 3.8) is 0 Å². The lowest BCUT2D eigenvalue weighted by Gasteiger charge is -2.23. The lowest BCUT2D eigenvalue weighted by Crippen LogP contribution is -2.32. The maximum Gasteiger partial charge on any atom is 0.0947 e. The van der Waals surface area contributed by atoms with E-state index in [4.69, 9.17) is 4.42 Å². The smallest absolute Gasteiger partial charge is 0.0947 e. The fraction of sp³-hybridized carbons (Fsp3) is 0.714. The molecule has 0 unspecified atom stereocenters. The molecular weight excluding hydrogens is 198 g/mol. The lowest BCUT2D eigenvalue weighted by molar-refractivity contribution is 0.336. The monoisotopic (exact) mass is 221 g/mol. The Hall–Kier alpha value is -0.760. The van der Waals surface area contributed by atoms with Crippen LogP contribution in [-0.2, 0) is 6.54 Å². The minimum Gasteiger partial charge on any atom is -0.472 e. The number of rotatable bonds is 4. The fourth-order valence-electron chi connectivity index (χ4n) is 2.65. The molecule has 0 aliphatic heterocycles. The lowest BCUT2D eigenvalue weighted by atomic mass is 9.93. The van der Waals surface area contributed by atoms with E-state index in [2.05, 4.69) is 12.2 Å². The Morgan fingerprint density at radius 3 is 2.69 bits per heavy atom. The van der Waals surface area contributed by atoms with Gasteiger partial charge in [-0.3, -0.25) is 0 Å². The van der Waals surface area contributed by atoms with Crippen molar-refractivity contribution in [1.82, 2.24) is 5.32 Å². The van der Waals surface area contributed by atoms with Crippen molar-refractivity contribution >= 4 is 0 Å². The quantitative estimate of drug-likeness (QED) is 0.784. The molecule has 1 aromatic heterocycles. The third kappa shape index (κ3) is 3.38. The molecule has 0 saturated heterocycles. The highest BCUT2D eigenvalue weighted by Gasteiger charge is 2.18. The Bertz CT molecular complexity index is 273. The maximum atomic E-state index is 5.07. The summed E-state index contributed by atoms with van der Waals surface area (Å²) in [5, 5.41) is 3.62. The Morgan fingerprint density at radius 2 is 2.06 bits per heavy atom. The SMILES string of the molecule is C[C@@H](NCc1ccoc1)C1CCCCCC1. The zero-order chi connectivity index (χ0) is 11.2. The topological polar surface area (TPSA) is 25.2 Å². The van der Waals surface area contributed by atoms with Gasteiger partial charge in [0.05, 0.1) is 12.5 Å². The summed E-state index contributed by atoms with van der Waals surface area (Å²) >= 11 is 0. The highest BCUT2D eigenvalue weighted by Crippen LogP contribution is 2.25. The molecule has 1 aliphatic carbocycles. The van der Waals surface area contributed by atoms with Gasteiger partial charge in [-0.25, -0.2) is 0 Å². The van der Waals surface area contributed by atoms with Gasteiger partial charge in [-0.2, -0.15) is 0 Å². The van der Waals surface area contributed by atoms with Crippen LogP contribution in [0.3, 0.4) is 0 Å². The average molecular weight is 221 g/mol. The van der Waals surface area contributed by atoms with Gasteiger partial charge in [-0.1, -0.05) is 25.7 Å². The van der Waals surface area contributed by atoms with Gasteiger partial charge in [0.15, 0.2) is 0 Å². The van der Waals surface area contributed by atoms with Crippen LogP contribution >= 0.6 is 0 Å². The van der Waals surface area contributed by atoms with Gasteiger partial charge in [0, 0.05) is 18.2 Å². The Balaban J connectivity index is 1.75. The van der Waals surface area contributed by atoms with Crippen molar-refractivity contribution in [3.8, 4) is 0 Å². The molecule has 1 atom stereocenters. The molecular formula is C14H23NO. The summed E-state index contributed by atoms with van der Waals surface area (Å²) in [5.74, 6) is 0.870. The molecule has 1 aliphatic rings. The highest BCUT2D eigenvalue weighted by atomic mass is 16.3. The van der Waals surface area contributed by atoms with E-state index >= 15 is 0 Å². The molecule has 0 aromatic carbocycles. The minimum absolute atomic E-state index is 0.632. The first-order valence-electron chi connectivity index (χ1n) is 6.61. The van der Waals surface area contributed by atoms with Crippen LogP contribution in [0.4, 0.5) is 0 Å². The summed E-state index contributed by atoms with van der Waals surface area (Å²) in [6.45, 7) is 3.27. The summed E-state index contributed by atoms with van der Waals surface area (Å²) in [6, 6.07) is 2.67. The molecule has 1 fully saturated rings. The van der Waals surface area contributed by atoms with Gasteiger partial charge in [0.2, 0.25) is 0 Å². The zero-order valence-corrected chi connectivity index (χ0v) is 10.2. The van der Waals surface area contributed by atoms with Crippen molar-refractivity contribution in [2.45, 2.75) is 58.0 Å². The van der Waals surface area contributed by atoms with Crippen LogP contribution in [0, 0.1) is 5.92 Å². The average Bonchev–Trinajstić information content (AvgIpc) is 2.66. The van der Waals surface area contributed by atoms with Gasteiger partial charge < -0.3 is 9.73 Å². The molecule has 0 amide bonds. The number of hydrogen-bond acceptors (Lipinski definition) is 2. The Labute approximate surface area is 98.4 Å². The normalized spacial score (nSPS) is 20.6. The van der Waals surface area contributed by atoms with Crippen LogP contribution in [0.1, 0.15) is 51.0 Å². The summed E-state index contributed by atoms with van der Waals surface area (Å²) in [6.07, 6.45) is 12.1. The third-order valence-corrected chi connectivity index (χ3v) is 3.82. The van der Waals surface area contributed by atoms with Crippen LogP contribution in [0.2, 0.25) is 0 Å². The highest BCUT2D eigenvalue weighted by molar-refractivity contribution is 5.04. The molecule has 1 N–H and O–H groups in total. The van der Waals surface area contributed by atoms with E-state index in [1.54, 1.807) is 6.26 Å². The first kappa shape index (κ1) is 11.7. The second-order valence-electron chi connectivity index (χ2n) is 5.05. The molecule has 90 valence electrons. The van der Waals surface area contributed by atoms with Gasteiger partial charge >= 0.3 is 0 Å². The molecule has 2 rings (SSSR count). The van der Waals surface area contributed by atoms with E-state index < -0.39 is 0 Å². The second kappa shape index (κ2) is 6.09. The summed E-state index contributed by atoms with van der Waals surface area (Å²) < 4.78 is 5.07. The zero-order valence-electron chi connectivity index (χ0n) is 10.2. The molecule has 1 aromatic rings. The van der Waals surface area contributed by atoms with Gasteiger partial charge in [0.25, 0.3) is 0 Å². The van der Waals surface area contributed by atoms with Gasteiger partial charge in [-0.05, 0) is 31.7 Å². The van der Waals surface area contributed by atoms with E-state index in [-0.39, 0.29) is 0 Å². The van der Waals surface area contributed by atoms with Crippen LogP contribution in [0.25, 0.3) is 0 Å². The maximum absolute atomic E-state index is 5.07. The van der Waals surface area contributed by atoms with Crippen molar-refractivity contribution in [1.29, 1.82) is 0 Å². The van der Waals surface area contributed by atoms with Crippen LogP contribution in [0.5, 0.6) is 0 Å². The molecule has 2 heteroatoms. The Morgan fingerprint density at radius 1 is 1.31 bits per heavy atom. The molecule has 2 nitrogen and oxygen atoms in total. The fourth-order valence-corrected chi connectivity index (χ4v) is 2.65. The first-order chi connectivity index (χ1) is 7.86. The number of furan rings is 1. The van der Waals surface area contributed by atoms with Crippen molar-refractivity contribution in [2.75, 3.05) is 0 Å².